The van der Waals surface area contributed by atoms with E-state index in [1.54, 1.807) is 6.92 Å². The Morgan fingerprint density at radius 3 is 2.73 bits per heavy atom. The maximum absolute atomic E-state index is 10.9. The molecule has 3 heteroatoms. The van der Waals surface area contributed by atoms with Crippen molar-refractivity contribution in [1.29, 1.82) is 0 Å². The molecule has 64 valence electrons. The molecule has 0 amide bonds. The Morgan fingerprint density at radius 1 is 1.82 bits per heavy atom. The molecule has 0 aromatic rings. The van der Waals surface area contributed by atoms with Gasteiger partial charge in [-0.3, -0.25) is 4.79 Å². The number of ketones is 1. The van der Waals surface area contributed by atoms with Crippen LogP contribution in [0.3, 0.4) is 0 Å². The number of aliphatic hydroxyl groups is 1. The van der Waals surface area contributed by atoms with Crippen LogP contribution in [0.2, 0.25) is 0 Å². The van der Waals surface area contributed by atoms with Crippen LogP contribution in [0.5, 0.6) is 0 Å². The monoisotopic (exact) mass is 158 g/mol. The van der Waals surface area contributed by atoms with Crippen LogP contribution in [0.25, 0.3) is 0 Å². The first kappa shape index (κ1) is 8.68. The summed E-state index contributed by atoms with van der Waals surface area (Å²) < 4.78 is 5.15. The van der Waals surface area contributed by atoms with Crippen LogP contribution in [-0.2, 0) is 9.53 Å². The van der Waals surface area contributed by atoms with Crippen molar-refractivity contribution in [2.24, 2.45) is 0 Å². The van der Waals surface area contributed by atoms with Gasteiger partial charge in [-0.1, -0.05) is 0 Å². The predicted octanol–water partition coefficient (Wildman–Crippen LogP) is 0.505. The largest absolute Gasteiger partial charge is 0.379 e. The zero-order chi connectivity index (χ0) is 8.48. The topological polar surface area (TPSA) is 46.5 Å². The predicted molar refractivity (Wildman–Crippen MR) is 40.3 cm³/mol. The molecule has 0 radical (unpaired) electrons. The molecule has 2 atom stereocenters. The molecule has 1 saturated carbocycles. The van der Waals surface area contributed by atoms with E-state index in [9.17, 15) is 9.90 Å². The van der Waals surface area contributed by atoms with E-state index in [-0.39, 0.29) is 11.9 Å². The number of hydrogen-bond acceptors (Lipinski definition) is 3. The molecule has 11 heavy (non-hydrogen) atoms. The van der Waals surface area contributed by atoms with Gasteiger partial charge in [-0.25, -0.2) is 0 Å². The Labute approximate surface area is 66.4 Å². The van der Waals surface area contributed by atoms with Crippen LogP contribution < -0.4 is 0 Å². The van der Waals surface area contributed by atoms with Gasteiger partial charge in [0, 0.05) is 13.0 Å². The van der Waals surface area contributed by atoms with Crippen molar-refractivity contribution in [3.63, 3.8) is 0 Å². The van der Waals surface area contributed by atoms with Gasteiger partial charge in [0.1, 0.15) is 5.60 Å². The summed E-state index contributed by atoms with van der Waals surface area (Å²) in [5, 5.41) is 9.60. The van der Waals surface area contributed by atoms with E-state index in [1.807, 2.05) is 6.92 Å². The molecular weight excluding hydrogens is 144 g/mol. The average Bonchev–Trinajstić information content (AvgIpc) is 2.01. The maximum Gasteiger partial charge on any atom is 0.167 e. The summed E-state index contributed by atoms with van der Waals surface area (Å²) in [6.07, 6.45) is 0.690. The van der Waals surface area contributed by atoms with Gasteiger partial charge in [0.05, 0.1) is 6.10 Å². The van der Waals surface area contributed by atoms with Crippen molar-refractivity contribution in [2.75, 3.05) is 6.61 Å². The average molecular weight is 158 g/mol. The van der Waals surface area contributed by atoms with Crippen molar-refractivity contribution in [3.05, 3.63) is 0 Å². The third-order valence-corrected chi connectivity index (χ3v) is 2.31. The fourth-order valence-corrected chi connectivity index (χ4v) is 1.30. The molecule has 0 aromatic carbocycles. The van der Waals surface area contributed by atoms with E-state index in [0.717, 1.165) is 0 Å². The Balaban J connectivity index is 2.50. The minimum absolute atomic E-state index is 0.0848. The molecular formula is C8H14O3. The Kier molecular flexibility index (Phi) is 2.30. The highest BCUT2D eigenvalue weighted by atomic mass is 16.5. The summed E-state index contributed by atoms with van der Waals surface area (Å²) in [7, 11) is 0. The minimum Gasteiger partial charge on any atom is -0.379 e. The highest BCUT2D eigenvalue weighted by molar-refractivity contribution is 5.93. The fourth-order valence-electron chi connectivity index (χ4n) is 1.30. The first-order valence-corrected chi connectivity index (χ1v) is 3.98. The second-order valence-electron chi connectivity index (χ2n) is 2.95. The molecule has 2 unspecified atom stereocenters. The number of carbonyl (C=O) groups is 1. The molecule has 1 N–H and O–H groups in total. The van der Waals surface area contributed by atoms with Gasteiger partial charge in [0.2, 0.25) is 0 Å². The van der Waals surface area contributed by atoms with Gasteiger partial charge >= 0.3 is 0 Å². The lowest BCUT2D eigenvalue weighted by Gasteiger charge is -2.39. The second kappa shape index (κ2) is 2.91. The van der Waals surface area contributed by atoms with Crippen LogP contribution >= 0.6 is 0 Å². The third kappa shape index (κ3) is 1.30. The van der Waals surface area contributed by atoms with Crippen LogP contribution in [-0.4, -0.2) is 29.2 Å². The van der Waals surface area contributed by atoms with E-state index in [4.69, 9.17) is 4.74 Å². The summed E-state index contributed by atoms with van der Waals surface area (Å²) in [5.74, 6) is -0.0848. The fraction of sp³-hybridized carbons (Fsp3) is 0.875. The minimum atomic E-state index is -1.17. The highest BCUT2D eigenvalue weighted by Gasteiger charge is 2.48. The molecule has 1 fully saturated rings. The second-order valence-corrected chi connectivity index (χ2v) is 2.95. The van der Waals surface area contributed by atoms with Crippen LogP contribution in [0.1, 0.15) is 26.7 Å². The Bertz CT molecular complexity index is 167. The summed E-state index contributed by atoms with van der Waals surface area (Å²) in [5.41, 5.74) is -1.17. The summed E-state index contributed by atoms with van der Waals surface area (Å²) in [4.78, 5) is 10.9. The van der Waals surface area contributed by atoms with Gasteiger partial charge in [-0.2, -0.15) is 0 Å². The quantitative estimate of drug-likeness (QED) is 0.650. The SMILES string of the molecule is CCOC(C)C1(O)CCC1=O. The van der Waals surface area contributed by atoms with Crippen molar-refractivity contribution in [1.82, 2.24) is 0 Å². The van der Waals surface area contributed by atoms with Gasteiger partial charge < -0.3 is 9.84 Å². The molecule has 1 aliphatic carbocycles. The first-order valence-electron chi connectivity index (χ1n) is 3.98. The number of Topliss-reactive ketones (excluding diaryl/α,β-unsaturated/α-hetero) is 1. The third-order valence-electron chi connectivity index (χ3n) is 2.31. The van der Waals surface area contributed by atoms with E-state index in [2.05, 4.69) is 0 Å². The molecule has 0 heterocycles. The molecule has 3 nitrogen and oxygen atoms in total. The summed E-state index contributed by atoms with van der Waals surface area (Å²) in [6, 6.07) is 0. The molecule has 0 aromatic heterocycles. The van der Waals surface area contributed by atoms with Crippen LogP contribution in [0.15, 0.2) is 0 Å². The maximum atomic E-state index is 10.9. The van der Waals surface area contributed by atoms with Crippen molar-refractivity contribution >= 4 is 5.78 Å². The molecule has 0 aliphatic heterocycles. The van der Waals surface area contributed by atoms with Crippen LogP contribution in [0, 0.1) is 0 Å². The van der Waals surface area contributed by atoms with Crippen molar-refractivity contribution < 1.29 is 14.6 Å². The standard InChI is InChI=1S/C8H14O3/c1-3-11-6(2)8(10)5-4-7(8)9/h6,10H,3-5H2,1-2H3. The summed E-state index contributed by atoms with van der Waals surface area (Å²) in [6.45, 7) is 4.13. The summed E-state index contributed by atoms with van der Waals surface area (Å²) >= 11 is 0. The van der Waals surface area contributed by atoms with Gasteiger partial charge in [0.15, 0.2) is 5.78 Å². The smallest absolute Gasteiger partial charge is 0.167 e. The molecule has 1 aliphatic rings. The Hall–Kier alpha value is -0.410. The van der Waals surface area contributed by atoms with Crippen LogP contribution in [0.4, 0.5) is 0 Å². The molecule has 1 rings (SSSR count). The van der Waals surface area contributed by atoms with E-state index in [1.165, 1.54) is 0 Å². The number of hydrogen-bond donors (Lipinski definition) is 1. The van der Waals surface area contributed by atoms with Gasteiger partial charge in [-0.05, 0) is 20.3 Å². The van der Waals surface area contributed by atoms with E-state index < -0.39 is 5.60 Å². The zero-order valence-corrected chi connectivity index (χ0v) is 6.96. The normalized spacial score (nSPS) is 33.2. The highest BCUT2D eigenvalue weighted by Crippen LogP contribution is 2.32. The number of ether oxygens (including phenoxy) is 1. The lowest BCUT2D eigenvalue weighted by Crippen LogP contribution is -2.56. The van der Waals surface area contributed by atoms with E-state index >= 15 is 0 Å². The molecule has 0 spiro atoms. The van der Waals surface area contributed by atoms with Crippen molar-refractivity contribution in [2.45, 2.75) is 38.4 Å². The molecule has 0 bridgehead atoms. The zero-order valence-electron chi connectivity index (χ0n) is 6.96. The van der Waals surface area contributed by atoms with Crippen molar-refractivity contribution in [3.8, 4) is 0 Å². The molecule has 0 saturated heterocycles. The lowest BCUT2D eigenvalue weighted by atomic mass is 9.75. The van der Waals surface area contributed by atoms with Gasteiger partial charge in [-0.15, -0.1) is 0 Å². The Morgan fingerprint density at radius 2 is 2.45 bits per heavy atom. The lowest BCUT2D eigenvalue weighted by molar-refractivity contribution is -0.171. The number of carbonyl (C=O) groups excluding carboxylic acids is 1. The first-order chi connectivity index (χ1) is 5.11. The van der Waals surface area contributed by atoms with E-state index in [0.29, 0.717) is 19.4 Å². The van der Waals surface area contributed by atoms with Gasteiger partial charge in [0.25, 0.3) is 0 Å². The number of rotatable bonds is 3.